The van der Waals surface area contributed by atoms with Crippen molar-refractivity contribution in [3.05, 3.63) is 65.2 Å². The zero-order valence-electron chi connectivity index (χ0n) is 16.6. The van der Waals surface area contributed by atoms with Crippen molar-refractivity contribution in [2.75, 3.05) is 28.4 Å². The van der Waals surface area contributed by atoms with Gasteiger partial charge in [-0.1, -0.05) is 0 Å². The van der Waals surface area contributed by atoms with Gasteiger partial charge >= 0.3 is 28.4 Å². The molecule has 177 valence electrons. The van der Waals surface area contributed by atoms with Crippen LogP contribution in [0.2, 0.25) is 0 Å². The van der Waals surface area contributed by atoms with Crippen molar-refractivity contribution >= 4 is 11.9 Å². The number of hydrogen-bond acceptors (Lipinski definition) is 12. The predicted octanol–water partition coefficient (Wildman–Crippen LogP) is -6.72. The molecular formula is C14H22MnN4O12. The van der Waals surface area contributed by atoms with E-state index in [2.05, 4.69) is 0 Å². The van der Waals surface area contributed by atoms with E-state index in [-0.39, 0.29) is 17.1 Å². The van der Waals surface area contributed by atoms with Crippen LogP contribution in [-0.2, 0) is 17.1 Å². The maximum absolute atomic E-state index is 10.6. The molecule has 0 aliphatic heterocycles. The van der Waals surface area contributed by atoms with Crippen LogP contribution in [0.1, 0.15) is 20.7 Å². The Kier molecular flexibility index (Phi) is 30.5. The molecule has 0 fully saturated rings. The Morgan fingerprint density at radius 1 is 0.645 bits per heavy atom. The number of aliphatic hydroxyl groups excluding tert-OH is 4. The van der Waals surface area contributed by atoms with Crippen LogP contribution in [-0.4, -0.2) is 80.7 Å². The number of carboxylic acid groups (broad SMARTS) is 2. The minimum Gasteiger partial charge on any atom is -0.545 e. The molecule has 2 aromatic rings. The number of H-pyrrole nitrogens is 4. The topological polar surface area (TPSA) is 293 Å². The summed E-state index contributed by atoms with van der Waals surface area (Å²) >= 11 is 0. The number of aromatic carboxylic acids is 2. The van der Waals surface area contributed by atoms with Gasteiger partial charge in [-0.2, -0.15) is 0 Å². The molecule has 0 saturated heterocycles. The summed E-state index contributed by atoms with van der Waals surface area (Å²) in [5.41, 5.74) is -4.61. The fourth-order valence-corrected chi connectivity index (χ4v) is 1.12. The summed E-state index contributed by atoms with van der Waals surface area (Å²) in [4.78, 5) is 69.5. The molecule has 0 aliphatic carbocycles. The van der Waals surface area contributed by atoms with Crippen LogP contribution in [0.3, 0.4) is 0 Å². The molecule has 0 aromatic carbocycles. The number of aromatic nitrogens is 4. The summed E-state index contributed by atoms with van der Waals surface area (Å²) in [6.07, 6.45) is 1.58. The van der Waals surface area contributed by atoms with Gasteiger partial charge in [0, 0.05) is 40.8 Å². The summed E-state index contributed by atoms with van der Waals surface area (Å²) in [7, 11) is 4.00. The zero-order chi connectivity index (χ0) is 24.9. The minimum absolute atomic E-state index is 0. The number of rotatable bonds is 2. The first-order valence-electron chi connectivity index (χ1n) is 7.08. The Morgan fingerprint density at radius 3 is 1.03 bits per heavy atom. The van der Waals surface area contributed by atoms with E-state index in [1.165, 1.54) is 0 Å². The fourth-order valence-electron chi connectivity index (χ4n) is 1.12. The van der Waals surface area contributed by atoms with Gasteiger partial charge in [0.05, 0.1) is 23.1 Å². The number of carbonyl (C=O) groups is 2. The molecule has 8 N–H and O–H groups in total. The van der Waals surface area contributed by atoms with Gasteiger partial charge in [-0.05, 0) is 0 Å². The summed E-state index contributed by atoms with van der Waals surface area (Å²) in [6, 6.07) is 0. The number of aliphatic hydroxyl groups is 4. The van der Waals surface area contributed by atoms with Crippen molar-refractivity contribution in [1.82, 2.24) is 19.9 Å². The molecule has 0 saturated carbocycles. The Labute approximate surface area is 183 Å². The van der Waals surface area contributed by atoms with Gasteiger partial charge in [0.1, 0.15) is 0 Å². The summed E-state index contributed by atoms with van der Waals surface area (Å²) < 4.78 is 0. The summed E-state index contributed by atoms with van der Waals surface area (Å²) in [5.74, 6) is -3.25. The minimum atomic E-state index is -1.62. The SMILES string of the molecule is CO.CO.CO.CO.O=C([O-])c1c[nH]c(=O)[nH]c1=O.O=C([O-])c1c[nH]c(=O)[nH]c1=O.[Mn+2]. The van der Waals surface area contributed by atoms with Crippen molar-refractivity contribution in [3.8, 4) is 0 Å². The smallest absolute Gasteiger partial charge is 0.545 e. The van der Waals surface area contributed by atoms with E-state index in [1.807, 2.05) is 9.97 Å². The van der Waals surface area contributed by atoms with E-state index in [9.17, 15) is 39.0 Å². The van der Waals surface area contributed by atoms with Crippen molar-refractivity contribution in [3.63, 3.8) is 0 Å². The van der Waals surface area contributed by atoms with Gasteiger partial charge in [-0.3, -0.25) is 19.6 Å². The van der Waals surface area contributed by atoms with Crippen LogP contribution in [0.15, 0.2) is 31.6 Å². The van der Waals surface area contributed by atoms with Gasteiger partial charge in [-0.25, -0.2) is 9.59 Å². The van der Waals surface area contributed by atoms with Crippen molar-refractivity contribution in [2.24, 2.45) is 0 Å². The molecule has 16 nitrogen and oxygen atoms in total. The van der Waals surface area contributed by atoms with Crippen LogP contribution >= 0.6 is 0 Å². The van der Waals surface area contributed by atoms with E-state index < -0.39 is 45.6 Å². The largest absolute Gasteiger partial charge is 2.00 e. The average molecular weight is 493 g/mol. The Hall–Kier alpha value is -3.34. The number of carbonyl (C=O) groups excluding carboxylic acids is 2. The van der Waals surface area contributed by atoms with Crippen LogP contribution in [0.4, 0.5) is 0 Å². The third-order valence-electron chi connectivity index (χ3n) is 2.08. The number of carboxylic acids is 2. The van der Waals surface area contributed by atoms with Gasteiger partial charge in [0.25, 0.3) is 11.1 Å². The molecule has 2 aromatic heterocycles. The van der Waals surface area contributed by atoms with Crippen LogP contribution < -0.4 is 32.7 Å². The predicted molar refractivity (Wildman–Crippen MR) is 96.6 cm³/mol. The first kappa shape index (κ1) is 38.3. The van der Waals surface area contributed by atoms with Crippen molar-refractivity contribution in [1.29, 1.82) is 0 Å². The van der Waals surface area contributed by atoms with E-state index in [0.717, 1.165) is 40.8 Å². The maximum atomic E-state index is 10.6. The Morgan fingerprint density at radius 2 is 0.871 bits per heavy atom. The molecule has 31 heavy (non-hydrogen) atoms. The molecule has 2 rings (SSSR count). The van der Waals surface area contributed by atoms with Gasteiger partial charge in [0.2, 0.25) is 0 Å². The number of aromatic amines is 4. The molecule has 17 heteroatoms. The van der Waals surface area contributed by atoms with Gasteiger partial charge in [-0.15, -0.1) is 0 Å². The molecule has 0 unspecified atom stereocenters. The van der Waals surface area contributed by atoms with Gasteiger partial charge < -0.3 is 50.2 Å². The summed E-state index contributed by atoms with van der Waals surface area (Å²) in [5, 5.41) is 48.2. The second-order valence-corrected chi connectivity index (χ2v) is 3.55. The Bertz CT molecular complexity index is 870. The standard InChI is InChI=1S/2C5H4N2O4.4CH4O.Mn/c2*8-3-2(4(9)10)1-6-5(11)7-3;4*1-2;/h2*1H,(H,9,10)(H2,6,7,8,11);4*2H,1H3;/q;;;;;;+2/p-2. The van der Waals surface area contributed by atoms with Crippen LogP contribution in [0, 0.1) is 0 Å². The molecule has 0 bridgehead atoms. The van der Waals surface area contributed by atoms with E-state index in [0.29, 0.717) is 0 Å². The molecule has 0 amide bonds. The van der Waals surface area contributed by atoms with E-state index in [1.54, 1.807) is 9.97 Å². The second kappa shape index (κ2) is 24.7. The van der Waals surface area contributed by atoms with E-state index in [4.69, 9.17) is 20.4 Å². The molecule has 2 heterocycles. The molecular weight excluding hydrogens is 471 g/mol. The first-order chi connectivity index (χ1) is 14.2. The third kappa shape index (κ3) is 17.2. The fraction of sp³-hybridized carbons (Fsp3) is 0.286. The summed E-state index contributed by atoms with van der Waals surface area (Å²) in [6.45, 7) is 0. The Balaban J connectivity index is -0.000000107. The quantitative estimate of drug-likeness (QED) is 0.181. The first-order valence-corrected chi connectivity index (χ1v) is 7.08. The maximum Gasteiger partial charge on any atom is 2.00 e. The average Bonchev–Trinajstić information content (AvgIpc) is 2.74. The van der Waals surface area contributed by atoms with Crippen molar-refractivity contribution in [2.45, 2.75) is 0 Å². The third-order valence-corrected chi connectivity index (χ3v) is 2.08. The van der Waals surface area contributed by atoms with Crippen LogP contribution in [0.25, 0.3) is 0 Å². The van der Waals surface area contributed by atoms with Crippen molar-refractivity contribution < 1.29 is 57.3 Å². The van der Waals surface area contributed by atoms with Crippen LogP contribution in [0.5, 0.6) is 0 Å². The van der Waals surface area contributed by atoms with Gasteiger partial charge in [0.15, 0.2) is 0 Å². The molecule has 1 radical (unpaired) electrons. The molecule has 0 spiro atoms. The molecule has 0 atom stereocenters. The molecule has 0 aliphatic rings. The second-order valence-electron chi connectivity index (χ2n) is 3.55. The van der Waals surface area contributed by atoms with E-state index >= 15 is 0 Å². The number of hydrogen-bond donors (Lipinski definition) is 8. The normalized spacial score (nSPS) is 7.48. The monoisotopic (exact) mass is 493 g/mol. The zero-order valence-corrected chi connectivity index (χ0v) is 17.8. The number of nitrogens with one attached hydrogen (secondary N) is 4.